The van der Waals surface area contributed by atoms with E-state index < -0.39 is 39.9 Å². The lowest BCUT2D eigenvalue weighted by Gasteiger charge is -2.36. The maximum absolute atomic E-state index is 13.4. The van der Waals surface area contributed by atoms with Gasteiger partial charge in [0.1, 0.15) is 6.04 Å². The molecule has 1 saturated heterocycles. The summed E-state index contributed by atoms with van der Waals surface area (Å²) < 4.78 is 40.1. The highest BCUT2D eigenvalue weighted by molar-refractivity contribution is 5.57. The Kier molecular flexibility index (Phi) is 4.42. The van der Waals surface area contributed by atoms with Gasteiger partial charge in [-0.05, 0) is 11.6 Å². The minimum atomic E-state index is -4.67. The van der Waals surface area contributed by atoms with Crippen LogP contribution in [-0.4, -0.2) is 52.4 Å². The van der Waals surface area contributed by atoms with Gasteiger partial charge in [-0.3, -0.25) is 15.0 Å². The van der Waals surface area contributed by atoms with Gasteiger partial charge in [0.25, 0.3) is 0 Å². The topological polar surface area (TPSA) is 98.9 Å². The monoisotopic (exact) mass is 321 g/mol. The van der Waals surface area contributed by atoms with Gasteiger partial charge in [-0.2, -0.15) is 13.2 Å². The largest absolute Gasteiger partial charge is 0.504 e. The Bertz CT molecular complexity index is 573. The normalized spacial score (nSPS) is 18.1. The lowest BCUT2D eigenvalue weighted by molar-refractivity contribution is -0.386. The third-order valence-electron chi connectivity index (χ3n) is 3.43. The van der Waals surface area contributed by atoms with Crippen molar-refractivity contribution in [1.82, 2.24) is 10.2 Å². The van der Waals surface area contributed by atoms with Gasteiger partial charge in [0.05, 0.1) is 4.92 Å². The predicted molar refractivity (Wildman–Crippen MR) is 69.7 cm³/mol. The summed E-state index contributed by atoms with van der Waals surface area (Å²) in [4.78, 5) is 10.9. The highest BCUT2D eigenvalue weighted by atomic mass is 19.4. The van der Waals surface area contributed by atoms with Gasteiger partial charge in [0, 0.05) is 32.2 Å². The number of nitro groups is 1. The lowest BCUT2D eigenvalue weighted by atomic mass is 10.0. The number of phenolic OH excluding ortho intramolecular Hbond substituents is 2. The molecule has 1 fully saturated rings. The number of benzene rings is 1. The van der Waals surface area contributed by atoms with Crippen molar-refractivity contribution in [1.29, 1.82) is 0 Å². The summed E-state index contributed by atoms with van der Waals surface area (Å²) in [6.45, 7) is 0.941. The first-order valence-corrected chi connectivity index (χ1v) is 6.43. The van der Waals surface area contributed by atoms with Crippen LogP contribution < -0.4 is 5.32 Å². The van der Waals surface area contributed by atoms with E-state index in [0.717, 1.165) is 4.90 Å². The number of phenols is 2. The summed E-state index contributed by atoms with van der Waals surface area (Å²) in [5, 5.41) is 32.6. The molecule has 1 heterocycles. The first-order valence-electron chi connectivity index (χ1n) is 6.43. The number of nitrogens with one attached hydrogen (secondary N) is 1. The van der Waals surface area contributed by atoms with Crippen LogP contribution in [0.25, 0.3) is 0 Å². The molecule has 1 aromatic carbocycles. The quantitative estimate of drug-likeness (QED) is 0.443. The molecule has 0 radical (unpaired) electrons. The zero-order valence-electron chi connectivity index (χ0n) is 11.3. The van der Waals surface area contributed by atoms with Crippen LogP contribution in [0.5, 0.6) is 11.5 Å². The van der Waals surface area contributed by atoms with E-state index in [1.165, 1.54) is 0 Å². The van der Waals surface area contributed by atoms with Crippen molar-refractivity contribution in [3.8, 4) is 11.5 Å². The number of aromatic hydroxyl groups is 2. The Labute approximate surface area is 123 Å². The molecule has 0 saturated carbocycles. The number of nitro benzene ring substituents is 1. The van der Waals surface area contributed by atoms with Crippen LogP contribution in [0, 0.1) is 10.1 Å². The number of nitrogens with zero attached hydrogens (tertiary/aromatic N) is 2. The van der Waals surface area contributed by atoms with E-state index in [1.54, 1.807) is 0 Å². The number of halogens is 3. The molecule has 22 heavy (non-hydrogen) atoms. The zero-order chi connectivity index (χ0) is 16.5. The molecule has 1 aromatic rings. The number of hydrogen-bond donors (Lipinski definition) is 3. The van der Waals surface area contributed by atoms with Crippen molar-refractivity contribution < 1.29 is 28.3 Å². The standard InChI is InChI=1S/C12H14F3N3O4/c13-12(14,15)11(17-3-1-16-2-4-17)7-5-8(18(21)22)10(20)9(19)6-7/h5-6,11,16,19-20H,1-4H2/t11-/m0/s1. The van der Waals surface area contributed by atoms with E-state index in [2.05, 4.69) is 5.32 Å². The van der Waals surface area contributed by atoms with Gasteiger partial charge in [-0.15, -0.1) is 0 Å². The van der Waals surface area contributed by atoms with Gasteiger partial charge in [-0.25, -0.2) is 0 Å². The first-order chi connectivity index (χ1) is 10.2. The number of hydrogen-bond acceptors (Lipinski definition) is 6. The fourth-order valence-electron chi connectivity index (χ4n) is 2.47. The van der Waals surface area contributed by atoms with Crippen LogP contribution in [0.1, 0.15) is 11.6 Å². The second-order valence-corrected chi connectivity index (χ2v) is 4.89. The Morgan fingerprint density at radius 2 is 1.86 bits per heavy atom. The summed E-state index contributed by atoms with van der Waals surface area (Å²) in [5.41, 5.74) is -1.43. The molecule has 3 N–H and O–H groups in total. The minimum absolute atomic E-state index is 0.111. The van der Waals surface area contributed by atoms with E-state index >= 15 is 0 Å². The number of alkyl halides is 3. The van der Waals surface area contributed by atoms with Crippen molar-refractivity contribution in [3.63, 3.8) is 0 Å². The maximum Gasteiger partial charge on any atom is 0.408 e. The second kappa shape index (κ2) is 5.97. The third-order valence-corrected chi connectivity index (χ3v) is 3.43. The molecular weight excluding hydrogens is 307 g/mol. The average molecular weight is 321 g/mol. The zero-order valence-corrected chi connectivity index (χ0v) is 11.3. The molecule has 0 unspecified atom stereocenters. The molecular formula is C12H14F3N3O4. The van der Waals surface area contributed by atoms with Crippen LogP contribution in [0.4, 0.5) is 18.9 Å². The number of rotatable bonds is 3. The summed E-state index contributed by atoms with van der Waals surface area (Å²) in [6.07, 6.45) is -4.67. The van der Waals surface area contributed by atoms with Crippen molar-refractivity contribution in [3.05, 3.63) is 27.8 Å². The van der Waals surface area contributed by atoms with Crippen molar-refractivity contribution in [2.24, 2.45) is 0 Å². The van der Waals surface area contributed by atoms with E-state index in [0.29, 0.717) is 25.2 Å². The van der Waals surface area contributed by atoms with E-state index in [9.17, 15) is 33.5 Å². The number of piperazine rings is 1. The van der Waals surface area contributed by atoms with E-state index in [-0.39, 0.29) is 13.1 Å². The fraction of sp³-hybridized carbons (Fsp3) is 0.500. The van der Waals surface area contributed by atoms with Crippen LogP contribution in [0.15, 0.2) is 12.1 Å². The van der Waals surface area contributed by atoms with Gasteiger partial charge in [-0.1, -0.05) is 0 Å². The van der Waals surface area contributed by atoms with Gasteiger partial charge >= 0.3 is 11.9 Å². The average Bonchev–Trinajstić information content (AvgIpc) is 2.42. The summed E-state index contributed by atoms with van der Waals surface area (Å²) in [7, 11) is 0. The fourth-order valence-corrected chi connectivity index (χ4v) is 2.47. The highest BCUT2D eigenvalue weighted by Crippen LogP contribution is 2.44. The van der Waals surface area contributed by atoms with E-state index in [4.69, 9.17) is 0 Å². The highest BCUT2D eigenvalue weighted by Gasteiger charge is 2.46. The second-order valence-electron chi connectivity index (χ2n) is 4.89. The van der Waals surface area contributed by atoms with Gasteiger partial charge < -0.3 is 15.5 Å². The molecule has 2 rings (SSSR count). The Hall–Kier alpha value is -2.07. The molecule has 122 valence electrons. The van der Waals surface area contributed by atoms with Crippen molar-refractivity contribution >= 4 is 5.69 Å². The molecule has 0 bridgehead atoms. The van der Waals surface area contributed by atoms with E-state index in [1.807, 2.05) is 0 Å². The maximum atomic E-state index is 13.4. The molecule has 10 heteroatoms. The molecule has 7 nitrogen and oxygen atoms in total. The first kappa shape index (κ1) is 16.3. The predicted octanol–water partition coefficient (Wildman–Crippen LogP) is 1.51. The molecule has 1 aliphatic rings. The summed E-state index contributed by atoms with van der Waals surface area (Å²) >= 11 is 0. The molecule has 1 aliphatic heterocycles. The Morgan fingerprint density at radius 3 is 2.36 bits per heavy atom. The third kappa shape index (κ3) is 3.22. The van der Waals surface area contributed by atoms with Crippen LogP contribution in [0.3, 0.4) is 0 Å². The Morgan fingerprint density at radius 1 is 1.27 bits per heavy atom. The minimum Gasteiger partial charge on any atom is -0.504 e. The smallest absolute Gasteiger partial charge is 0.408 e. The summed E-state index contributed by atoms with van der Waals surface area (Å²) in [6, 6.07) is -0.725. The molecule has 0 aliphatic carbocycles. The Balaban J connectivity index is 2.50. The SMILES string of the molecule is O=[N+]([O-])c1cc([C@H](N2CCNCC2)C(F)(F)F)cc(O)c1O. The molecule has 1 atom stereocenters. The molecule has 0 spiro atoms. The van der Waals surface area contributed by atoms with Gasteiger partial charge in [0.2, 0.25) is 5.75 Å². The van der Waals surface area contributed by atoms with Crippen LogP contribution >= 0.6 is 0 Å². The lowest BCUT2D eigenvalue weighted by Crippen LogP contribution is -2.49. The van der Waals surface area contributed by atoms with Gasteiger partial charge in [0.15, 0.2) is 5.75 Å². The molecule has 0 aromatic heterocycles. The van der Waals surface area contributed by atoms with Crippen LogP contribution in [0.2, 0.25) is 0 Å². The van der Waals surface area contributed by atoms with Crippen molar-refractivity contribution in [2.75, 3.05) is 26.2 Å². The van der Waals surface area contributed by atoms with Crippen molar-refractivity contribution in [2.45, 2.75) is 12.2 Å². The molecule has 0 amide bonds. The summed E-state index contributed by atoms with van der Waals surface area (Å²) in [5.74, 6) is -2.00. The van der Waals surface area contributed by atoms with Crippen LogP contribution in [-0.2, 0) is 0 Å².